The topological polar surface area (TPSA) is 88.3 Å². The van der Waals surface area contributed by atoms with Gasteiger partial charge in [0.25, 0.3) is 5.91 Å². The van der Waals surface area contributed by atoms with Crippen molar-refractivity contribution in [3.05, 3.63) is 51.0 Å². The van der Waals surface area contributed by atoms with E-state index in [9.17, 15) is 9.59 Å². The number of fused-ring (bicyclic) bond motifs is 2. The molecule has 9 nitrogen and oxygen atoms in total. The summed E-state index contributed by atoms with van der Waals surface area (Å²) in [6.07, 6.45) is 5.81. The van der Waals surface area contributed by atoms with Crippen LogP contribution in [0.5, 0.6) is 0 Å². The molecule has 10 heteroatoms. The summed E-state index contributed by atoms with van der Waals surface area (Å²) in [6, 6.07) is 6.77. The maximum atomic E-state index is 13.1. The van der Waals surface area contributed by atoms with E-state index in [1.54, 1.807) is 6.33 Å². The average molecular weight is 548 g/mol. The van der Waals surface area contributed by atoms with Crippen LogP contribution in [0.2, 0.25) is 0 Å². The number of carbonyl (C=O) groups excluding carboxylic acids is 1. The molecule has 2 saturated heterocycles. The first-order chi connectivity index (χ1) is 19.0. The Morgan fingerprint density at radius 2 is 1.74 bits per heavy atom. The van der Waals surface area contributed by atoms with E-state index in [0.717, 1.165) is 95.9 Å². The van der Waals surface area contributed by atoms with E-state index in [1.165, 1.54) is 16.9 Å². The zero-order chi connectivity index (χ0) is 27.1. The number of likely N-dealkylation sites (tertiary alicyclic amines) is 2. The lowest BCUT2D eigenvalue weighted by Crippen LogP contribution is -2.38. The number of aromatic nitrogens is 4. The van der Waals surface area contributed by atoms with E-state index in [0.29, 0.717) is 19.1 Å². The molecule has 6 rings (SSSR count). The quantitative estimate of drug-likeness (QED) is 0.367. The number of rotatable bonds is 7. The van der Waals surface area contributed by atoms with Gasteiger partial charge in [-0.05, 0) is 69.7 Å². The molecule has 0 atom stereocenters. The number of carbonyl (C=O) groups is 1. The number of thiophene rings is 1. The lowest BCUT2D eigenvalue weighted by molar-refractivity contribution is 0.0797. The van der Waals surface area contributed by atoms with E-state index in [1.807, 2.05) is 34.8 Å². The molecule has 2 aliphatic heterocycles. The Morgan fingerprint density at radius 1 is 1.03 bits per heavy atom. The van der Waals surface area contributed by atoms with Gasteiger partial charge in [0.15, 0.2) is 0 Å². The predicted octanol–water partition coefficient (Wildman–Crippen LogP) is 4.47. The van der Waals surface area contributed by atoms with Crippen LogP contribution in [-0.2, 0) is 19.6 Å². The molecule has 1 aromatic carbocycles. The Balaban J connectivity index is 1.13. The van der Waals surface area contributed by atoms with E-state index >= 15 is 0 Å². The minimum Gasteiger partial charge on any atom is -0.367 e. The van der Waals surface area contributed by atoms with Crippen molar-refractivity contribution in [2.24, 2.45) is 0 Å². The number of imidazole rings is 1. The van der Waals surface area contributed by atoms with Gasteiger partial charge in [-0.3, -0.25) is 18.8 Å². The number of benzene rings is 1. The standard InChI is InChI=1S/C29H37N7O2S/c1-4-35-22-9-8-20(16-23(22)36(5-2)29(35)38)17-33-14-10-21(11-15-33)32-26-24-19(3)25(39-27(24)31-18-30-26)28(37)34-12-6-7-13-34/h8-9,16,18,21H,4-7,10-15,17H2,1-3H3,(H,30,31,32). The normalized spacial score (nSPS) is 17.1. The van der Waals surface area contributed by atoms with Gasteiger partial charge in [0.1, 0.15) is 17.0 Å². The van der Waals surface area contributed by atoms with Crippen LogP contribution in [0.4, 0.5) is 5.82 Å². The molecule has 3 aromatic heterocycles. The average Bonchev–Trinajstić information content (AvgIpc) is 3.66. The first kappa shape index (κ1) is 26.0. The van der Waals surface area contributed by atoms with E-state index < -0.39 is 0 Å². The lowest BCUT2D eigenvalue weighted by atomic mass is 10.0. The third-order valence-corrected chi connectivity index (χ3v) is 9.55. The minimum absolute atomic E-state index is 0.0752. The second kappa shape index (κ2) is 10.7. The number of hydrogen-bond donors (Lipinski definition) is 1. The number of hydrogen-bond acceptors (Lipinski definition) is 7. The molecule has 0 saturated carbocycles. The van der Waals surface area contributed by atoms with Gasteiger partial charge < -0.3 is 10.2 Å². The Hall–Kier alpha value is -3.24. The molecule has 5 heterocycles. The number of aryl methyl sites for hydroxylation is 3. The fraction of sp³-hybridized carbons (Fsp3) is 0.517. The molecule has 0 spiro atoms. The van der Waals surface area contributed by atoms with Gasteiger partial charge in [-0.2, -0.15) is 0 Å². The van der Waals surface area contributed by atoms with E-state index in [4.69, 9.17) is 0 Å². The van der Waals surface area contributed by atoms with Crippen LogP contribution in [-0.4, -0.2) is 67.0 Å². The molecule has 39 heavy (non-hydrogen) atoms. The second-order valence-corrected chi connectivity index (χ2v) is 11.7. The van der Waals surface area contributed by atoms with Gasteiger partial charge in [-0.1, -0.05) is 6.07 Å². The zero-order valence-corrected chi connectivity index (χ0v) is 23.9. The number of amides is 1. The highest BCUT2D eigenvalue weighted by atomic mass is 32.1. The van der Waals surface area contributed by atoms with Crippen molar-refractivity contribution < 1.29 is 4.79 Å². The molecular formula is C29H37N7O2S. The molecule has 2 fully saturated rings. The molecule has 0 unspecified atom stereocenters. The second-order valence-electron chi connectivity index (χ2n) is 10.7. The maximum absolute atomic E-state index is 13.1. The maximum Gasteiger partial charge on any atom is 0.329 e. The van der Waals surface area contributed by atoms with Crippen molar-refractivity contribution in [3.8, 4) is 0 Å². The van der Waals surface area contributed by atoms with Crippen LogP contribution in [0.1, 0.15) is 60.3 Å². The molecule has 2 aliphatic rings. The summed E-state index contributed by atoms with van der Waals surface area (Å²) in [4.78, 5) is 41.0. The molecule has 1 N–H and O–H groups in total. The summed E-state index contributed by atoms with van der Waals surface area (Å²) in [7, 11) is 0. The molecule has 0 radical (unpaired) electrons. The molecule has 206 valence electrons. The first-order valence-electron chi connectivity index (χ1n) is 14.2. The summed E-state index contributed by atoms with van der Waals surface area (Å²) < 4.78 is 3.72. The first-order valence-corrected chi connectivity index (χ1v) is 15.0. The van der Waals surface area contributed by atoms with Crippen LogP contribution in [0, 0.1) is 6.92 Å². The third kappa shape index (κ3) is 4.74. The van der Waals surface area contributed by atoms with Crippen LogP contribution in [0.15, 0.2) is 29.3 Å². The van der Waals surface area contributed by atoms with Crippen LogP contribution in [0.25, 0.3) is 21.3 Å². The predicted molar refractivity (Wildman–Crippen MR) is 157 cm³/mol. The van der Waals surface area contributed by atoms with Gasteiger partial charge in [0.2, 0.25) is 0 Å². The number of piperidine rings is 1. The van der Waals surface area contributed by atoms with E-state index in [-0.39, 0.29) is 11.6 Å². The monoisotopic (exact) mass is 547 g/mol. The summed E-state index contributed by atoms with van der Waals surface area (Å²) in [6.45, 7) is 12.0. The van der Waals surface area contributed by atoms with Gasteiger partial charge in [0.05, 0.1) is 21.3 Å². The van der Waals surface area contributed by atoms with Crippen molar-refractivity contribution in [1.82, 2.24) is 28.9 Å². The highest BCUT2D eigenvalue weighted by molar-refractivity contribution is 7.20. The summed E-state index contributed by atoms with van der Waals surface area (Å²) in [5, 5.41) is 4.68. The lowest BCUT2D eigenvalue weighted by Gasteiger charge is -2.32. The number of nitrogens with one attached hydrogen (secondary N) is 1. The molecular weight excluding hydrogens is 510 g/mol. The SMILES string of the molecule is CCn1c(=O)n(CC)c2cc(CN3CCC(Nc4ncnc5sc(C(=O)N6CCCC6)c(C)c45)CC3)ccc21. The van der Waals surface area contributed by atoms with Gasteiger partial charge in [-0.15, -0.1) is 11.3 Å². The fourth-order valence-corrected chi connectivity index (χ4v) is 7.33. The fourth-order valence-electron chi connectivity index (χ4n) is 6.21. The number of anilines is 1. The van der Waals surface area contributed by atoms with Gasteiger partial charge in [-0.25, -0.2) is 14.8 Å². The van der Waals surface area contributed by atoms with Crippen LogP contribution >= 0.6 is 11.3 Å². The third-order valence-electron chi connectivity index (χ3n) is 8.36. The Bertz CT molecular complexity index is 1570. The van der Waals surface area contributed by atoms with Crippen molar-refractivity contribution in [2.75, 3.05) is 31.5 Å². The van der Waals surface area contributed by atoms with Crippen LogP contribution < -0.4 is 11.0 Å². The largest absolute Gasteiger partial charge is 0.367 e. The van der Waals surface area contributed by atoms with Crippen LogP contribution in [0.3, 0.4) is 0 Å². The molecule has 4 aromatic rings. The smallest absolute Gasteiger partial charge is 0.329 e. The molecule has 0 bridgehead atoms. The summed E-state index contributed by atoms with van der Waals surface area (Å²) in [5.74, 6) is 0.976. The van der Waals surface area contributed by atoms with Crippen molar-refractivity contribution in [1.29, 1.82) is 0 Å². The van der Waals surface area contributed by atoms with Crippen molar-refractivity contribution in [2.45, 2.75) is 72.1 Å². The Morgan fingerprint density at radius 3 is 2.46 bits per heavy atom. The zero-order valence-electron chi connectivity index (χ0n) is 23.1. The van der Waals surface area contributed by atoms with Crippen molar-refractivity contribution in [3.63, 3.8) is 0 Å². The number of nitrogens with zero attached hydrogens (tertiary/aromatic N) is 6. The Kier molecular flexibility index (Phi) is 7.16. The summed E-state index contributed by atoms with van der Waals surface area (Å²) in [5.41, 5.74) is 4.35. The summed E-state index contributed by atoms with van der Waals surface area (Å²) >= 11 is 1.49. The van der Waals surface area contributed by atoms with Gasteiger partial charge >= 0.3 is 5.69 Å². The highest BCUT2D eigenvalue weighted by Gasteiger charge is 2.27. The Labute approximate surface area is 232 Å². The van der Waals surface area contributed by atoms with Crippen molar-refractivity contribution >= 4 is 44.3 Å². The molecule has 0 aliphatic carbocycles. The minimum atomic E-state index is 0.0752. The molecule has 1 amide bonds. The highest BCUT2D eigenvalue weighted by Crippen LogP contribution is 2.35. The van der Waals surface area contributed by atoms with E-state index in [2.05, 4.69) is 38.4 Å². The van der Waals surface area contributed by atoms with Gasteiger partial charge in [0, 0.05) is 51.9 Å².